The highest BCUT2D eigenvalue weighted by Gasteiger charge is 2.41. The lowest BCUT2D eigenvalue weighted by atomic mass is 9.80. The number of nitrogens with zero attached hydrogens (tertiary/aromatic N) is 4. The first-order valence-electron chi connectivity index (χ1n) is 15.4. The molecule has 44 heavy (non-hydrogen) atoms. The standard InChI is InChI=1S/C34H44F3N5O2/c1-21(26-10-7-11-28(30(26)35)32(36)37)38-33-29-19-24(34(44-6)14-17-42(18-15-34)23(3)43)20-41(5)31(29)27(22(2)39-33)13-12-25-9-8-16-40(25)4/h7,10-13,19,21,25,32H,8-9,14-18,20H2,1-6H3,(H,38,39)/b13-12-/t21-,25-/m1/s1. The van der Waals surface area contributed by atoms with E-state index in [9.17, 15) is 13.6 Å². The third-order valence-electron chi connectivity index (χ3n) is 9.71. The predicted molar refractivity (Wildman–Crippen MR) is 170 cm³/mol. The molecule has 238 valence electrons. The maximum atomic E-state index is 15.2. The molecule has 2 aromatic rings. The summed E-state index contributed by atoms with van der Waals surface area (Å²) in [6, 6.07) is 3.84. The molecular formula is C34H44F3N5O2. The van der Waals surface area contributed by atoms with E-state index in [1.54, 1.807) is 21.0 Å². The summed E-state index contributed by atoms with van der Waals surface area (Å²) >= 11 is 0. The maximum absolute atomic E-state index is 15.2. The lowest BCUT2D eigenvalue weighted by Crippen LogP contribution is -2.50. The van der Waals surface area contributed by atoms with Crippen LogP contribution in [0.5, 0.6) is 0 Å². The first kappa shape index (κ1) is 32.0. The van der Waals surface area contributed by atoms with Gasteiger partial charge in [-0.2, -0.15) is 0 Å². The fraction of sp³-hybridized carbons (Fsp3) is 0.529. The minimum atomic E-state index is -2.90. The molecule has 5 rings (SSSR count). The highest BCUT2D eigenvalue weighted by molar-refractivity contribution is 5.88. The van der Waals surface area contributed by atoms with E-state index in [4.69, 9.17) is 9.72 Å². The van der Waals surface area contributed by atoms with Crippen molar-refractivity contribution in [1.29, 1.82) is 0 Å². The highest BCUT2D eigenvalue weighted by Crippen LogP contribution is 2.44. The molecule has 0 aliphatic carbocycles. The SMILES string of the molecule is COC1(C2=Cc3c(N[C@H](C)c4cccc(C(F)F)c4F)nc(C)c(/C=C\[C@H]4CCCN4C)c3N(C)C2)CCN(C(C)=O)CC1. The predicted octanol–water partition coefficient (Wildman–Crippen LogP) is 6.61. The van der Waals surface area contributed by atoms with Gasteiger partial charge in [-0.25, -0.2) is 18.2 Å². The summed E-state index contributed by atoms with van der Waals surface area (Å²) in [7, 11) is 5.92. The van der Waals surface area contributed by atoms with Gasteiger partial charge in [-0.3, -0.25) is 9.69 Å². The molecule has 0 saturated carbocycles. The Labute approximate surface area is 258 Å². The number of fused-ring (bicyclic) bond motifs is 1. The number of rotatable bonds is 8. The zero-order valence-electron chi connectivity index (χ0n) is 26.6. The van der Waals surface area contributed by atoms with Crippen LogP contribution >= 0.6 is 0 Å². The van der Waals surface area contributed by atoms with Gasteiger partial charge in [0.05, 0.1) is 22.9 Å². The van der Waals surface area contributed by atoms with Gasteiger partial charge in [-0.1, -0.05) is 30.4 Å². The number of alkyl halides is 2. The van der Waals surface area contributed by atoms with Crippen molar-refractivity contribution in [3.63, 3.8) is 0 Å². The molecule has 1 aromatic heterocycles. The van der Waals surface area contributed by atoms with Gasteiger partial charge in [0.2, 0.25) is 5.91 Å². The number of carbonyl (C=O) groups excluding carboxylic acids is 1. The Morgan fingerprint density at radius 3 is 2.50 bits per heavy atom. The van der Waals surface area contributed by atoms with Crippen LogP contribution < -0.4 is 10.2 Å². The van der Waals surface area contributed by atoms with E-state index in [0.29, 0.717) is 44.3 Å². The molecule has 10 heteroatoms. The van der Waals surface area contributed by atoms with Crippen LogP contribution in [0.1, 0.15) is 79.9 Å². The second kappa shape index (κ2) is 12.9. The Morgan fingerprint density at radius 1 is 1.18 bits per heavy atom. The van der Waals surface area contributed by atoms with Gasteiger partial charge in [-0.15, -0.1) is 0 Å². The number of benzene rings is 1. The number of hydrogen-bond acceptors (Lipinski definition) is 6. The number of nitrogens with one attached hydrogen (secondary N) is 1. The van der Waals surface area contributed by atoms with Crippen LogP contribution in [-0.4, -0.2) is 79.7 Å². The Kier molecular flexibility index (Phi) is 9.41. The average Bonchev–Trinajstić information content (AvgIpc) is 3.41. The molecule has 0 radical (unpaired) electrons. The van der Waals surface area contributed by atoms with Gasteiger partial charge >= 0.3 is 0 Å². The van der Waals surface area contributed by atoms with Crippen molar-refractivity contribution in [3.05, 3.63) is 63.6 Å². The zero-order valence-corrected chi connectivity index (χ0v) is 26.6. The van der Waals surface area contributed by atoms with E-state index in [1.807, 2.05) is 11.8 Å². The molecule has 3 aliphatic heterocycles. The molecule has 1 aromatic carbocycles. The number of carbonyl (C=O) groups is 1. The van der Waals surface area contributed by atoms with Crippen LogP contribution in [0.3, 0.4) is 0 Å². The topological polar surface area (TPSA) is 60.9 Å². The number of hydrogen-bond donors (Lipinski definition) is 1. The Morgan fingerprint density at radius 2 is 1.89 bits per heavy atom. The zero-order chi connectivity index (χ0) is 31.8. The first-order chi connectivity index (χ1) is 21.0. The van der Waals surface area contributed by atoms with Crippen molar-refractivity contribution in [2.45, 2.75) is 70.6 Å². The number of piperidine rings is 1. The molecule has 0 spiro atoms. The van der Waals surface area contributed by atoms with Crippen molar-refractivity contribution in [3.8, 4) is 0 Å². The molecule has 2 saturated heterocycles. The van der Waals surface area contributed by atoms with E-state index in [0.717, 1.165) is 53.5 Å². The van der Waals surface area contributed by atoms with E-state index < -0.39 is 29.4 Å². The van der Waals surface area contributed by atoms with E-state index >= 15 is 4.39 Å². The summed E-state index contributed by atoms with van der Waals surface area (Å²) in [4.78, 5) is 23.5. The number of likely N-dealkylation sites (N-methyl/N-ethyl adjacent to an activating group) is 2. The lowest BCUT2D eigenvalue weighted by Gasteiger charge is -2.45. The van der Waals surface area contributed by atoms with Crippen molar-refractivity contribution < 1.29 is 22.7 Å². The minimum absolute atomic E-state index is 0.0578. The largest absolute Gasteiger partial charge is 0.374 e. The monoisotopic (exact) mass is 611 g/mol. The van der Waals surface area contributed by atoms with Crippen LogP contribution in [0.15, 0.2) is 29.8 Å². The number of methoxy groups -OCH3 is 1. The molecule has 0 unspecified atom stereocenters. The third-order valence-corrected chi connectivity index (χ3v) is 9.71. The first-order valence-corrected chi connectivity index (χ1v) is 15.4. The summed E-state index contributed by atoms with van der Waals surface area (Å²) in [6.07, 6.45) is 7.26. The third kappa shape index (κ3) is 6.11. The minimum Gasteiger partial charge on any atom is -0.374 e. The van der Waals surface area contributed by atoms with Crippen LogP contribution in [0.4, 0.5) is 24.7 Å². The quantitative estimate of drug-likeness (QED) is 0.363. The number of amides is 1. The van der Waals surface area contributed by atoms with Crippen molar-refractivity contribution in [2.75, 3.05) is 57.6 Å². The maximum Gasteiger partial charge on any atom is 0.266 e. The van der Waals surface area contributed by atoms with E-state index in [2.05, 4.69) is 47.4 Å². The van der Waals surface area contributed by atoms with Gasteiger partial charge < -0.3 is 19.9 Å². The second-order valence-corrected chi connectivity index (χ2v) is 12.4. The molecule has 1 amide bonds. The van der Waals surface area contributed by atoms with Crippen LogP contribution in [-0.2, 0) is 9.53 Å². The van der Waals surface area contributed by atoms with Gasteiger partial charge in [0.1, 0.15) is 11.6 Å². The molecule has 1 N–H and O–H groups in total. The summed E-state index contributed by atoms with van der Waals surface area (Å²) in [5.41, 5.74) is 3.76. The number of aryl methyl sites for hydroxylation is 1. The van der Waals surface area contributed by atoms with E-state index in [-0.39, 0.29) is 11.5 Å². The summed E-state index contributed by atoms with van der Waals surface area (Å²) < 4.78 is 48.4. The van der Waals surface area contributed by atoms with Crippen molar-refractivity contribution >= 4 is 29.6 Å². The molecule has 3 aliphatic rings. The van der Waals surface area contributed by atoms with Gasteiger partial charge in [0.15, 0.2) is 0 Å². The van der Waals surface area contributed by atoms with Gasteiger partial charge in [0.25, 0.3) is 6.43 Å². The van der Waals surface area contributed by atoms with Crippen molar-refractivity contribution in [1.82, 2.24) is 14.8 Å². The summed E-state index contributed by atoms with van der Waals surface area (Å²) in [5.74, 6) is -0.293. The number of anilines is 2. The molecule has 2 fully saturated rings. The van der Waals surface area contributed by atoms with Gasteiger partial charge in [-0.05, 0) is 64.8 Å². The Hall–Kier alpha value is -3.37. The fourth-order valence-corrected chi connectivity index (χ4v) is 6.98. The number of pyridine rings is 1. The number of likely N-dealkylation sites (tertiary alicyclic amines) is 2. The van der Waals surface area contributed by atoms with Crippen LogP contribution in [0.25, 0.3) is 12.2 Å². The number of halogens is 3. The lowest BCUT2D eigenvalue weighted by molar-refractivity contribution is -0.133. The fourth-order valence-electron chi connectivity index (χ4n) is 6.98. The van der Waals surface area contributed by atoms with Crippen molar-refractivity contribution in [2.24, 2.45) is 0 Å². The Balaban J connectivity index is 1.59. The molecule has 7 nitrogen and oxygen atoms in total. The normalized spacial score (nSPS) is 21.1. The number of ether oxygens (including phenoxy) is 1. The van der Waals surface area contributed by atoms with E-state index in [1.165, 1.54) is 12.1 Å². The van der Waals surface area contributed by atoms with Gasteiger partial charge in [0, 0.05) is 69.1 Å². The molecule has 0 bridgehead atoms. The second-order valence-electron chi connectivity index (χ2n) is 12.4. The summed E-state index contributed by atoms with van der Waals surface area (Å²) in [6.45, 7) is 8.23. The smallest absolute Gasteiger partial charge is 0.266 e. The van der Waals surface area contributed by atoms with Crippen LogP contribution in [0, 0.1) is 12.7 Å². The highest BCUT2D eigenvalue weighted by atomic mass is 19.3. The molecular weight excluding hydrogens is 567 g/mol. The summed E-state index contributed by atoms with van der Waals surface area (Å²) in [5, 5.41) is 3.37. The number of aromatic nitrogens is 1. The van der Waals surface area contributed by atoms with Crippen LogP contribution in [0.2, 0.25) is 0 Å². The molecule has 2 atom stereocenters. The Bertz CT molecular complexity index is 1450. The molecule has 4 heterocycles. The average molecular weight is 612 g/mol.